The third-order valence-electron chi connectivity index (χ3n) is 4.08. The topological polar surface area (TPSA) is 60.2 Å². The summed E-state index contributed by atoms with van der Waals surface area (Å²) in [5, 5.41) is 7.61. The SMILES string of the molecule is CCNC(C)C(c1nc(C(OC)C2CC2)no1)C(C)C. The summed E-state index contributed by atoms with van der Waals surface area (Å²) >= 11 is 0. The molecule has 0 bridgehead atoms. The van der Waals surface area contributed by atoms with Crippen molar-refractivity contribution in [3.8, 4) is 0 Å². The van der Waals surface area contributed by atoms with Gasteiger partial charge in [-0.1, -0.05) is 25.9 Å². The van der Waals surface area contributed by atoms with E-state index in [1.807, 2.05) is 0 Å². The van der Waals surface area contributed by atoms with Crippen molar-refractivity contribution >= 4 is 0 Å². The molecule has 0 aliphatic heterocycles. The van der Waals surface area contributed by atoms with E-state index in [4.69, 9.17) is 9.26 Å². The number of aromatic nitrogens is 2. The van der Waals surface area contributed by atoms with Gasteiger partial charge in [0.2, 0.25) is 11.7 Å². The summed E-state index contributed by atoms with van der Waals surface area (Å²) in [6.07, 6.45) is 2.39. The predicted molar refractivity (Wildman–Crippen MR) is 77.5 cm³/mol. The zero-order chi connectivity index (χ0) is 14.7. The fourth-order valence-corrected chi connectivity index (χ4v) is 2.93. The van der Waals surface area contributed by atoms with Crippen LogP contribution in [0.25, 0.3) is 0 Å². The second kappa shape index (κ2) is 6.68. The molecule has 1 heterocycles. The first-order valence-corrected chi connectivity index (χ1v) is 7.68. The Morgan fingerprint density at radius 3 is 2.55 bits per heavy atom. The zero-order valence-corrected chi connectivity index (χ0v) is 13.2. The fourth-order valence-electron chi connectivity index (χ4n) is 2.93. The van der Waals surface area contributed by atoms with Crippen molar-refractivity contribution < 1.29 is 9.26 Å². The van der Waals surface area contributed by atoms with E-state index in [-0.39, 0.29) is 12.0 Å². The predicted octanol–water partition coefficient (Wildman–Crippen LogP) is 2.90. The number of hydrogen-bond donors (Lipinski definition) is 1. The van der Waals surface area contributed by atoms with Crippen LogP contribution in [0.2, 0.25) is 0 Å². The van der Waals surface area contributed by atoms with Gasteiger partial charge < -0.3 is 14.6 Å². The molecule has 5 heteroatoms. The van der Waals surface area contributed by atoms with Gasteiger partial charge in [0, 0.05) is 13.2 Å². The average Bonchev–Trinajstić information content (AvgIpc) is 3.11. The van der Waals surface area contributed by atoms with Crippen LogP contribution in [0.15, 0.2) is 4.52 Å². The van der Waals surface area contributed by atoms with Gasteiger partial charge in [-0.15, -0.1) is 0 Å². The lowest BCUT2D eigenvalue weighted by Gasteiger charge is -2.24. The first-order valence-electron chi connectivity index (χ1n) is 7.68. The highest BCUT2D eigenvalue weighted by Crippen LogP contribution is 2.42. The van der Waals surface area contributed by atoms with Crippen molar-refractivity contribution in [1.82, 2.24) is 15.5 Å². The molecule has 0 saturated heterocycles. The summed E-state index contributed by atoms with van der Waals surface area (Å²) in [7, 11) is 1.72. The van der Waals surface area contributed by atoms with E-state index < -0.39 is 0 Å². The molecule has 2 rings (SSSR count). The van der Waals surface area contributed by atoms with Gasteiger partial charge in [-0.25, -0.2) is 0 Å². The van der Waals surface area contributed by atoms with Crippen molar-refractivity contribution in [1.29, 1.82) is 0 Å². The smallest absolute Gasteiger partial charge is 0.231 e. The Labute approximate surface area is 121 Å². The van der Waals surface area contributed by atoms with Crippen LogP contribution in [0.4, 0.5) is 0 Å². The molecule has 1 saturated carbocycles. The lowest BCUT2D eigenvalue weighted by molar-refractivity contribution is 0.0751. The molecule has 0 radical (unpaired) electrons. The molecule has 0 spiro atoms. The molecule has 0 aromatic carbocycles. The Kier molecular flexibility index (Phi) is 5.16. The minimum Gasteiger partial charge on any atom is -0.373 e. The number of nitrogens with one attached hydrogen (secondary N) is 1. The van der Waals surface area contributed by atoms with E-state index in [1.54, 1.807) is 7.11 Å². The highest BCUT2D eigenvalue weighted by Gasteiger charge is 2.37. The number of ether oxygens (including phenoxy) is 1. The van der Waals surface area contributed by atoms with E-state index >= 15 is 0 Å². The summed E-state index contributed by atoms with van der Waals surface area (Å²) in [4.78, 5) is 4.62. The minimum atomic E-state index is -0.00486. The van der Waals surface area contributed by atoms with Gasteiger partial charge in [-0.05, 0) is 38.1 Å². The maximum absolute atomic E-state index is 5.54. The first kappa shape index (κ1) is 15.4. The molecular weight excluding hydrogens is 254 g/mol. The van der Waals surface area contributed by atoms with Crippen LogP contribution >= 0.6 is 0 Å². The maximum atomic E-state index is 5.54. The van der Waals surface area contributed by atoms with Crippen LogP contribution in [-0.2, 0) is 4.74 Å². The van der Waals surface area contributed by atoms with E-state index in [0.717, 1.165) is 12.4 Å². The van der Waals surface area contributed by atoms with Crippen molar-refractivity contribution in [3.05, 3.63) is 11.7 Å². The molecule has 1 aliphatic carbocycles. The van der Waals surface area contributed by atoms with Crippen LogP contribution in [0, 0.1) is 11.8 Å². The molecule has 5 nitrogen and oxygen atoms in total. The molecule has 1 aliphatic rings. The third-order valence-corrected chi connectivity index (χ3v) is 4.08. The second-order valence-electron chi connectivity index (χ2n) is 6.10. The molecule has 0 amide bonds. The Morgan fingerprint density at radius 1 is 1.35 bits per heavy atom. The summed E-state index contributed by atoms with van der Waals surface area (Å²) in [5.41, 5.74) is 0. The molecule has 3 atom stereocenters. The Bertz CT molecular complexity index is 415. The van der Waals surface area contributed by atoms with Crippen LogP contribution in [0.1, 0.15) is 64.3 Å². The van der Waals surface area contributed by atoms with Crippen molar-refractivity contribution in [2.45, 2.75) is 58.6 Å². The summed E-state index contributed by atoms with van der Waals surface area (Å²) in [6.45, 7) is 9.61. The Morgan fingerprint density at radius 2 is 2.05 bits per heavy atom. The molecule has 114 valence electrons. The van der Waals surface area contributed by atoms with Crippen molar-refractivity contribution in [2.75, 3.05) is 13.7 Å². The lowest BCUT2D eigenvalue weighted by Crippen LogP contribution is -2.34. The Hall–Kier alpha value is -0.940. The number of nitrogens with zero attached hydrogens (tertiary/aromatic N) is 2. The summed E-state index contributed by atoms with van der Waals surface area (Å²) in [5.74, 6) is 2.67. The quantitative estimate of drug-likeness (QED) is 0.794. The van der Waals surface area contributed by atoms with E-state index in [0.29, 0.717) is 23.7 Å². The van der Waals surface area contributed by atoms with Crippen LogP contribution < -0.4 is 5.32 Å². The van der Waals surface area contributed by atoms with Crippen LogP contribution in [-0.4, -0.2) is 29.8 Å². The standard InChI is InChI=1S/C15H27N3O2/c1-6-16-10(4)12(9(2)3)15-17-14(18-20-15)13(19-5)11-7-8-11/h9-13,16H,6-8H2,1-5H3. The van der Waals surface area contributed by atoms with E-state index in [1.165, 1.54) is 12.8 Å². The highest BCUT2D eigenvalue weighted by atomic mass is 16.5. The van der Waals surface area contributed by atoms with Gasteiger partial charge >= 0.3 is 0 Å². The van der Waals surface area contributed by atoms with Gasteiger partial charge in [0.25, 0.3) is 0 Å². The Balaban J connectivity index is 2.15. The van der Waals surface area contributed by atoms with Crippen molar-refractivity contribution in [3.63, 3.8) is 0 Å². The molecular formula is C15H27N3O2. The minimum absolute atomic E-state index is 0.00486. The van der Waals surface area contributed by atoms with Crippen LogP contribution in [0.3, 0.4) is 0 Å². The number of hydrogen-bond acceptors (Lipinski definition) is 5. The molecule has 20 heavy (non-hydrogen) atoms. The molecule has 3 unspecified atom stereocenters. The lowest BCUT2D eigenvalue weighted by atomic mass is 9.89. The number of rotatable bonds is 8. The summed E-state index contributed by atoms with van der Waals surface area (Å²) in [6, 6.07) is 0.315. The average molecular weight is 281 g/mol. The van der Waals surface area contributed by atoms with Gasteiger partial charge in [0.05, 0.1) is 5.92 Å². The number of methoxy groups -OCH3 is 1. The van der Waals surface area contributed by atoms with Gasteiger partial charge in [-0.2, -0.15) is 4.98 Å². The molecule has 1 fully saturated rings. The van der Waals surface area contributed by atoms with Gasteiger partial charge in [-0.3, -0.25) is 0 Å². The molecule has 1 aromatic rings. The molecule has 1 aromatic heterocycles. The highest BCUT2D eigenvalue weighted by molar-refractivity contribution is 5.04. The van der Waals surface area contributed by atoms with E-state index in [2.05, 4.69) is 43.2 Å². The van der Waals surface area contributed by atoms with Crippen molar-refractivity contribution in [2.24, 2.45) is 11.8 Å². The largest absolute Gasteiger partial charge is 0.373 e. The summed E-state index contributed by atoms with van der Waals surface area (Å²) < 4.78 is 11.1. The maximum Gasteiger partial charge on any atom is 0.231 e. The number of likely N-dealkylation sites (N-methyl/N-ethyl adjacent to an activating group) is 1. The fraction of sp³-hybridized carbons (Fsp3) is 0.867. The normalized spacial score (nSPS) is 20.1. The first-order chi connectivity index (χ1) is 9.58. The van der Waals surface area contributed by atoms with E-state index in [9.17, 15) is 0 Å². The monoisotopic (exact) mass is 281 g/mol. The van der Waals surface area contributed by atoms with Gasteiger partial charge in [0.15, 0.2) is 0 Å². The van der Waals surface area contributed by atoms with Crippen LogP contribution in [0.5, 0.6) is 0 Å². The zero-order valence-electron chi connectivity index (χ0n) is 13.2. The second-order valence-corrected chi connectivity index (χ2v) is 6.10. The molecule has 1 N–H and O–H groups in total. The third kappa shape index (κ3) is 3.38. The van der Waals surface area contributed by atoms with Gasteiger partial charge in [0.1, 0.15) is 6.10 Å².